The number of thiophene rings is 1. The molecule has 0 fully saturated rings. The summed E-state index contributed by atoms with van der Waals surface area (Å²) in [4.78, 5) is 9.73. The van der Waals surface area contributed by atoms with Crippen LogP contribution in [0.1, 0.15) is 5.76 Å². The van der Waals surface area contributed by atoms with Crippen LogP contribution >= 0.6 is 11.3 Å². The molecule has 0 aliphatic carbocycles. The van der Waals surface area contributed by atoms with E-state index in [1.807, 2.05) is 36.0 Å². The first kappa shape index (κ1) is 11.0. The molecule has 0 unspecified atom stereocenters. The maximum atomic E-state index is 5.22. The van der Waals surface area contributed by atoms with E-state index in [4.69, 9.17) is 4.42 Å². The molecular weight excluding hydrogens is 246 g/mol. The Kier molecular flexibility index (Phi) is 3.06. The molecule has 0 radical (unpaired) electrons. The van der Waals surface area contributed by atoms with E-state index in [-0.39, 0.29) is 0 Å². The Hall–Kier alpha value is -2.14. The van der Waals surface area contributed by atoms with Crippen LogP contribution in [0.25, 0.3) is 10.4 Å². The Morgan fingerprint density at radius 3 is 2.72 bits per heavy atom. The number of nitrogens with one attached hydrogen (secondary N) is 1. The largest absolute Gasteiger partial charge is 0.467 e. The van der Waals surface area contributed by atoms with Crippen LogP contribution in [0.2, 0.25) is 0 Å². The van der Waals surface area contributed by atoms with Gasteiger partial charge in [-0.15, -0.1) is 11.3 Å². The van der Waals surface area contributed by atoms with Crippen molar-refractivity contribution in [3.63, 3.8) is 0 Å². The third kappa shape index (κ3) is 2.41. The van der Waals surface area contributed by atoms with Crippen LogP contribution in [0, 0.1) is 0 Å². The fourth-order valence-electron chi connectivity index (χ4n) is 1.57. The minimum Gasteiger partial charge on any atom is -0.467 e. The van der Waals surface area contributed by atoms with Gasteiger partial charge < -0.3 is 9.73 Å². The average Bonchev–Trinajstić information content (AvgIpc) is 3.10. The van der Waals surface area contributed by atoms with Crippen molar-refractivity contribution in [3.05, 3.63) is 54.1 Å². The van der Waals surface area contributed by atoms with Gasteiger partial charge >= 0.3 is 0 Å². The molecular formula is C13H11N3OS. The second-order valence-corrected chi connectivity index (χ2v) is 4.65. The first-order valence-corrected chi connectivity index (χ1v) is 6.42. The number of hydrogen-bond acceptors (Lipinski definition) is 5. The highest BCUT2D eigenvalue weighted by Gasteiger charge is 2.01. The van der Waals surface area contributed by atoms with E-state index >= 15 is 0 Å². The van der Waals surface area contributed by atoms with Crippen LogP contribution in [-0.4, -0.2) is 9.97 Å². The van der Waals surface area contributed by atoms with Crippen molar-refractivity contribution < 1.29 is 4.42 Å². The van der Waals surface area contributed by atoms with E-state index in [0.717, 1.165) is 11.3 Å². The number of furan rings is 1. The van der Waals surface area contributed by atoms with Crippen LogP contribution in [-0.2, 0) is 6.54 Å². The molecule has 0 amide bonds. The zero-order chi connectivity index (χ0) is 12.2. The van der Waals surface area contributed by atoms with E-state index in [1.54, 1.807) is 17.6 Å². The van der Waals surface area contributed by atoms with Crippen molar-refractivity contribution in [1.82, 2.24) is 9.97 Å². The monoisotopic (exact) mass is 257 g/mol. The van der Waals surface area contributed by atoms with Crippen molar-refractivity contribution in [2.45, 2.75) is 6.54 Å². The average molecular weight is 257 g/mol. The van der Waals surface area contributed by atoms with Gasteiger partial charge in [-0.2, -0.15) is 0 Å². The highest BCUT2D eigenvalue weighted by Crippen LogP contribution is 2.23. The normalized spacial score (nSPS) is 10.4. The van der Waals surface area contributed by atoms with Crippen molar-refractivity contribution in [1.29, 1.82) is 0 Å². The minimum atomic E-state index is 0.589. The Labute approximate surface area is 108 Å². The van der Waals surface area contributed by atoms with Gasteiger partial charge in [-0.1, -0.05) is 6.07 Å². The lowest BCUT2D eigenvalue weighted by Gasteiger charge is -2.02. The molecule has 0 spiro atoms. The van der Waals surface area contributed by atoms with Crippen LogP contribution in [0.5, 0.6) is 0 Å². The number of anilines is 1. The summed E-state index contributed by atoms with van der Waals surface area (Å²) in [6.07, 6.45) is 5.30. The predicted molar refractivity (Wildman–Crippen MR) is 71.4 cm³/mol. The molecule has 90 valence electrons. The van der Waals surface area contributed by atoms with Gasteiger partial charge in [-0.05, 0) is 23.6 Å². The maximum absolute atomic E-state index is 5.22. The second kappa shape index (κ2) is 5.01. The van der Waals surface area contributed by atoms with E-state index in [1.165, 1.54) is 4.88 Å². The van der Waals surface area contributed by atoms with Crippen LogP contribution < -0.4 is 5.32 Å². The zero-order valence-electron chi connectivity index (χ0n) is 9.54. The topological polar surface area (TPSA) is 51.0 Å². The lowest BCUT2D eigenvalue weighted by Crippen LogP contribution is -2.02. The van der Waals surface area contributed by atoms with Crippen LogP contribution in [0.4, 0.5) is 5.95 Å². The molecule has 4 nitrogen and oxygen atoms in total. The summed E-state index contributed by atoms with van der Waals surface area (Å²) in [5.74, 6) is 1.47. The van der Waals surface area contributed by atoms with Crippen molar-refractivity contribution in [2.75, 3.05) is 5.32 Å². The smallest absolute Gasteiger partial charge is 0.222 e. The first-order valence-electron chi connectivity index (χ1n) is 5.54. The van der Waals surface area contributed by atoms with Gasteiger partial charge in [0.2, 0.25) is 5.95 Å². The second-order valence-electron chi connectivity index (χ2n) is 3.71. The summed E-state index contributed by atoms with van der Waals surface area (Å²) in [5.41, 5.74) is 1.04. The summed E-state index contributed by atoms with van der Waals surface area (Å²) in [7, 11) is 0. The first-order chi connectivity index (χ1) is 8.92. The summed E-state index contributed by atoms with van der Waals surface area (Å²) in [6, 6.07) is 7.84. The van der Waals surface area contributed by atoms with Crippen molar-refractivity contribution in [3.8, 4) is 10.4 Å². The van der Waals surface area contributed by atoms with E-state index < -0.39 is 0 Å². The summed E-state index contributed by atoms with van der Waals surface area (Å²) < 4.78 is 5.22. The molecule has 5 heteroatoms. The zero-order valence-corrected chi connectivity index (χ0v) is 10.4. The van der Waals surface area contributed by atoms with Crippen molar-refractivity contribution in [2.24, 2.45) is 0 Å². The Morgan fingerprint density at radius 1 is 1.17 bits per heavy atom. The van der Waals surface area contributed by atoms with Gasteiger partial charge in [0.05, 0.1) is 12.8 Å². The van der Waals surface area contributed by atoms with Gasteiger partial charge in [-0.3, -0.25) is 0 Å². The molecule has 0 atom stereocenters. The SMILES string of the molecule is c1coc(CNc2ncc(-c3cccs3)cn2)c1. The predicted octanol–water partition coefficient (Wildman–Crippen LogP) is 3.41. The van der Waals surface area contributed by atoms with Gasteiger partial charge in [-0.25, -0.2) is 9.97 Å². The van der Waals surface area contributed by atoms with Gasteiger partial charge in [0.1, 0.15) is 5.76 Å². The number of hydrogen-bond donors (Lipinski definition) is 1. The molecule has 0 aliphatic heterocycles. The molecule has 3 heterocycles. The lowest BCUT2D eigenvalue weighted by atomic mass is 10.3. The molecule has 3 aromatic heterocycles. The molecule has 3 aromatic rings. The molecule has 0 aromatic carbocycles. The number of nitrogens with zero attached hydrogens (tertiary/aromatic N) is 2. The van der Waals surface area contributed by atoms with E-state index in [2.05, 4.69) is 21.4 Å². The number of aromatic nitrogens is 2. The third-order valence-corrected chi connectivity index (χ3v) is 3.38. The molecule has 18 heavy (non-hydrogen) atoms. The summed E-state index contributed by atoms with van der Waals surface area (Å²) in [5, 5.41) is 5.15. The van der Waals surface area contributed by atoms with Gasteiger partial charge in [0.15, 0.2) is 0 Å². The molecule has 0 saturated carbocycles. The molecule has 0 saturated heterocycles. The maximum Gasteiger partial charge on any atom is 0.222 e. The molecule has 3 rings (SSSR count). The summed E-state index contributed by atoms with van der Waals surface area (Å²) >= 11 is 1.68. The molecule has 0 aliphatic rings. The Bertz CT molecular complexity index is 588. The van der Waals surface area contributed by atoms with E-state index in [9.17, 15) is 0 Å². The Balaban J connectivity index is 1.68. The molecule has 0 bridgehead atoms. The van der Waals surface area contributed by atoms with Crippen LogP contribution in [0.15, 0.2) is 52.7 Å². The minimum absolute atomic E-state index is 0.589. The van der Waals surface area contributed by atoms with Crippen LogP contribution in [0.3, 0.4) is 0 Å². The highest BCUT2D eigenvalue weighted by atomic mass is 32.1. The fourth-order valence-corrected chi connectivity index (χ4v) is 2.27. The quantitative estimate of drug-likeness (QED) is 0.778. The van der Waals surface area contributed by atoms with Crippen molar-refractivity contribution >= 4 is 17.3 Å². The standard InChI is InChI=1S/C13H11N3OS/c1-3-11(17-5-1)9-16-13-14-7-10(8-15-13)12-4-2-6-18-12/h1-8H,9H2,(H,14,15,16). The fraction of sp³-hybridized carbons (Fsp3) is 0.0769. The van der Waals surface area contributed by atoms with E-state index in [0.29, 0.717) is 12.5 Å². The number of rotatable bonds is 4. The lowest BCUT2D eigenvalue weighted by molar-refractivity contribution is 0.517. The van der Waals surface area contributed by atoms with Gasteiger partial charge in [0.25, 0.3) is 0 Å². The Morgan fingerprint density at radius 2 is 2.06 bits per heavy atom. The summed E-state index contributed by atoms with van der Waals surface area (Å²) in [6.45, 7) is 0.589. The third-order valence-electron chi connectivity index (χ3n) is 2.46. The molecule has 1 N–H and O–H groups in total. The van der Waals surface area contributed by atoms with Gasteiger partial charge in [0, 0.05) is 22.8 Å². The highest BCUT2D eigenvalue weighted by molar-refractivity contribution is 7.13.